The molecule has 3 rings (SSSR count). The van der Waals surface area contributed by atoms with Crippen LogP contribution in [0.1, 0.15) is 20.8 Å². The summed E-state index contributed by atoms with van der Waals surface area (Å²) in [6.45, 7) is 7.17. The zero-order chi connectivity index (χ0) is 15.5. The van der Waals surface area contributed by atoms with E-state index in [2.05, 4.69) is 15.2 Å². The minimum atomic E-state index is -0.0808. The highest BCUT2D eigenvalue weighted by atomic mass is 32.1. The molecule has 2 aromatic rings. The average Bonchev–Trinajstić information content (AvgIpc) is 2.88. The fourth-order valence-corrected chi connectivity index (χ4v) is 3.24. The van der Waals surface area contributed by atoms with Crippen LogP contribution in [-0.4, -0.2) is 37.2 Å². The zero-order valence-electron chi connectivity index (χ0n) is 12.8. The monoisotopic (exact) mass is 317 g/mol. The molecule has 1 saturated heterocycles. The molecule has 116 valence electrons. The molecule has 0 spiro atoms. The summed E-state index contributed by atoms with van der Waals surface area (Å²) >= 11 is 1.60. The van der Waals surface area contributed by atoms with E-state index in [1.54, 1.807) is 17.5 Å². The number of rotatable bonds is 3. The molecular weight excluding hydrogens is 298 g/mol. The molecule has 0 bridgehead atoms. The first-order valence-corrected chi connectivity index (χ1v) is 8.18. The van der Waals surface area contributed by atoms with Crippen LogP contribution in [0, 0.1) is 13.8 Å². The summed E-state index contributed by atoms with van der Waals surface area (Å²) in [5, 5.41) is 4.80. The van der Waals surface area contributed by atoms with Gasteiger partial charge in [-0.25, -0.2) is 4.98 Å². The highest BCUT2D eigenvalue weighted by Crippen LogP contribution is 2.22. The molecule has 6 heteroatoms. The standard InChI is InChI=1S/C16H19N3O2S/c1-11-12(2)22-10-14(11)16(20)18-13-3-4-15(17-9-13)19-5-7-21-8-6-19/h3-4,9-10H,5-8H2,1-2H3,(H,18,20). The third-order valence-corrected chi connectivity index (χ3v) is 4.88. The van der Waals surface area contributed by atoms with Gasteiger partial charge in [0.05, 0.1) is 30.7 Å². The molecule has 5 nitrogen and oxygen atoms in total. The number of hydrogen-bond acceptors (Lipinski definition) is 5. The van der Waals surface area contributed by atoms with Gasteiger partial charge in [0.2, 0.25) is 0 Å². The molecule has 3 heterocycles. The maximum absolute atomic E-state index is 12.3. The van der Waals surface area contributed by atoms with Gasteiger partial charge in [0.1, 0.15) is 5.82 Å². The van der Waals surface area contributed by atoms with Crippen molar-refractivity contribution in [1.29, 1.82) is 0 Å². The fourth-order valence-electron chi connectivity index (χ4n) is 2.38. The Bertz CT molecular complexity index is 661. The van der Waals surface area contributed by atoms with E-state index in [0.717, 1.165) is 43.2 Å². The van der Waals surface area contributed by atoms with Crippen molar-refractivity contribution in [2.75, 3.05) is 36.5 Å². The summed E-state index contributed by atoms with van der Waals surface area (Å²) in [5.41, 5.74) is 2.49. The molecule has 22 heavy (non-hydrogen) atoms. The van der Waals surface area contributed by atoms with Gasteiger partial charge < -0.3 is 15.0 Å². The van der Waals surface area contributed by atoms with E-state index in [1.807, 2.05) is 31.4 Å². The molecule has 0 radical (unpaired) electrons. The second-order valence-corrected chi connectivity index (χ2v) is 6.37. The van der Waals surface area contributed by atoms with Crippen molar-refractivity contribution in [2.24, 2.45) is 0 Å². The number of morpholine rings is 1. The first-order valence-electron chi connectivity index (χ1n) is 7.30. The second kappa shape index (κ2) is 6.46. The Morgan fingerprint density at radius 3 is 2.68 bits per heavy atom. The van der Waals surface area contributed by atoms with Gasteiger partial charge in [-0.2, -0.15) is 0 Å². The third kappa shape index (κ3) is 3.13. The summed E-state index contributed by atoms with van der Waals surface area (Å²) in [6, 6.07) is 3.83. The number of hydrogen-bond donors (Lipinski definition) is 1. The lowest BCUT2D eigenvalue weighted by atomic mass is 10.1. The van der Waals surface area contributed by atoms with Crippen LogP contribution >= 0.6 is 11.3 Å². The number of thiophene rings is 1. The molecule has 0 atom stereocenters. The molecule has 0 aliphatic carbocycles. The number of amides is 1. The Morgan fingerprint density at radius 2 is 2.09 bits per heavy atom. The summed E-state index contributed by atoms with van der Waals surface area (Å²) < 4.78 is 5.33. The van der Waals surface area contributed by atoms with Gasteiger partial charge >= 0.3 is 0 Å². The fraction of sp³-hybridized carbons (Fsp3) is 0.375. The third-order valence-electron chi connectivity index (χ3n) is 3.87. The van der Waals surface area contributed by atoms with Crippen molar-refractivity contribution in [1.82, 2.24) is 4.98 Å². The average molecular weight is 317 g/mol. The van der Waals surface area contributed by atoms with Crippen LogP contribution in [0.4, 0.5) is 11.5 Å². The van der Waals surface area contributed by atoms with Crippen LogP contribution in [0.3, 0.4) is 0 Å². The minimum absolute atomic E-state index is 0.0808. The number of carbonyl (C=O) groups is 1. The van der Waals surface area contributed by atoms with Crippen molar-refractivity contribution < 1.29 is 9.53 Å². The Hall–Kier alpha value is -1.92. The van der Waals surface area contributed by atoms with E-state index in [9.17, 15) is 4.79 Å². The van der Waals surface area contributed by atoms with E-state index in [4.69, 9.17) is 4.74 Å². The Balaban J connectivity index is 1.68. The normalized spacial score (nSPS) is 14.9. The van der Waals surface area contributed by atoms with E-state index < -0.39 is 0 Å². The Labute approximate surface area is 133 Å². The van der Waals surface area contributed by atoms with Gasteiger partial charge in [0, 0.05) is 23.3 Å². The maximum Gasteiger partial charge on any atom is 0.256 e. The lowest BCUT2D eigenvalue weighted by Gasteiger charge is -2.27. The predicted molar refractivity (Wildman–Crippen MR) is 89.0 cm³/mol. The molecule has 0 unspecified atom stereocenters. The van der Waals surface area contributed by atoms with Crippen LogP contribution in [0.2, 0.25) is 0 Å². The number of anilines is 2. The molecule has 1 amide bonds. The number of aryl methyl sites for hydroxylation is 1. The minimum Gasteiger partial charge on any atom is -0.378 e. The Kier molecular flexibility index (Phi) is 4.40. The van der Waals surface area contributed by atoms with E-state index in [-0.39, 0.29) is 5.91 Å². The molecular formula is C16H19N3O2S. The zero-order valence-corrected chi connectivity index (χ0v) is 13.6. The number of aromatic nitrogens is 1. The van der Waals surface area contributed by atoms with Crippen LogP contribution in [0.15, 0.2) is 23.7 Å². The molecule has 1 aliphatic rings. The van der Waals surface area contributed by atoms with Gasteiger partial charge in [0.15, 0.2) is 0 Å². The Morgan fingerprint density at radius 1 is 1.32 bits per heavy atom. The maximum atomic E-state index is 12.3. The van der Waals surface area contributed by atoms with E-state index >= 15 is 0 Å². The second-order valence-electron chi connectivity index (χ2n) is 5.29. The van der Waals surface area contributed by atoms with E-state index in [0.29, 0.717) is 5.69 Å². The topological polar surface area (TPSA) is 54.5 Å². The highest BCUT2D eigenvalue weighted by Gasteiger charge is 2.14. The lowest BCUT2D eigenvalue weighted by Crippen LogP contribution is -2.36. The van der Waals surface area contributed by atoms with Crippen molar-refractivity contribution in [3.05, 3.63) is 39.7 Å². The molecule has 0 aromatic carbocycles. The smallest absolute Gasteiger partial charge is 0.256 e. The number of ether oxygens (including phenoxy) is 1. The molecule has 2 aromatic heterocycles. The summed E-state index contributed by atoms with van der Waals surface area (Å²) in [6.07, 6.45) is 1.71. The van der Waals surface area contributed by atoms with Crippen molar-refractivity contribution >= 4 is 28.7 Å². The number of nitrogens with one attached hydrogen (secondary N) is 1. The predicted octanol–water partition coefficient (Wildman–Crippen LogP) is 2.85. The molecule has 1 fully saturated rings. The van der Waals surface area contributed by atoms with Crippen molar-refractivity contribution in [3.63, 3.8) is 0 Å². The number of pyridine rings is 1. The van der Waals surface area contributed by atoms with Gasteiger partial charge in [-0.3, -0.25) is 4.79 Å². The quantitative estimate of drug-likeness (QED) is 0.946. The molecule has 1 N–H and O–H groups in total. The molecule has 0 saturated carbocycles. The summed E-state index contributed by atoms with van der Waals surface area (Å²) in [7, 11) is 0. The van der Waals surface area contributed by atoms with Gasteiger partial charge in [-0.15, -0.1) is 11.3 Å². The van der Waals surface area contributed by atoms with Gasteiger partial charge in [0.25, 0.3) is 5.91 Å². The van der Waals surface area contributed by atoms with Crippen LogP contribution in [0.5, 0.6) is 0 Å². The first kappa shape index (κ1) is 15.0. The van der Waals surface area contributed by atoms with Crippen molar-refractivity contribution in [2.45, 2.75) is 13.8 Å². The van der Waals surface area contributed by atoms with Crippen LogP contribution in [0.25, 0.3) is 0 Å². The SMILES string of the molecule is Cc1scc(C(=O)Nc2ccc(N3CCOCC3)nc2)c1C. The van der Waals surface area contributed by atoms with Gasteiger partial charge in [-0.1, -0.05) is 0 Å². The summed E-state index contributed by atoms with van der Waals surface area (Å²) in [4.78, 5) is 20.1. The van der Waals surface area contributed by atoms with Crippen LogP contribution in [-0.2, 0) is 4.74 Å². The number of carbonyl (C=O) groups excluding carboxylic acids is 1. The number of nitrogens with zero attached hydrogens (tertiary/aromatic N) is 2. The first-order chi connectivity index (χ1) is 10.6. The van der Waals surface area contributed by atoms with Gasteiger partial charge in [-0.05, 0) is 31.5 Å². The largest absolute Gasteiger partial charge is 0.378 e. The van der Waals surface area contributed by atoms with Crippen molar-refractivity contribution in [3.8, 4) is 0 Å². The van der Waals surface area contributed by atoms with Crippen LogP contribution < -0.4 is 10.2 Å². The summed E-state index contributed by atoms with van der Waals surface area (Å²) in [5.74, 6) is 0.839. The lowest BCUT2D eigenvalue weighted by molar-refractivity contribution is 0.102. The highest BCUT2D eigenvalue weighted by molar-refractivity contribution is 7.10. The molecule has 1 aliphatic heterocycles. The van der Waals surface area contributed by atoms with E-state index in [1.165, 1.54) is 4.88 Å².